The highest BCUT2D eigenvalue weighted by molar-refractivity contribution is 5.96. The second-order valence-electron chi connectivity index (χ2n) is 6.76. The van der Waals surface area contributed by atoms with Crippen molar-refractivity contribution in [2.75, 3.05) is 5.32 Å². The molecule has 2 aromatic heterocycles. The lowest BCUT2D eigenvalue weighted by molar-refractivity contribution is -0.117. The summed E-state index contributed by atoms with van der Waals surface area (Å²) in [4.78, 5) is 40.9. The van der Waals surface area contributed by atoms with Gasteiger partial charge in [-0.15, -0.1) is 0 Å². The minimum atomic E-state index is -0.479. The zero-order valence-electron chi connectivity index (χ0n) is 14.8. The van der Waals surface area contributed by atoms with Crippen molar-refractivity contribution in [2.45, 2.75) is 12.3 Å². The molecule has 1 fully saturated rings. The zero-order chi connectivity index (χ0) is 19.3. The van der Waals surface area contributed by atoms with E-state index in [-0.39, 0.29) is 34.6 Å². The summed E-state index contributed by atoms with van der Waals surface area (Å²) in [6.07, 6.45) is 1.98. The highest BCUT2D eigenvalue weighted by Gasteiger charge is 2.45. The monoisotopic (exact) mass is 368 g/mol. The maximum Gasteiger partial charge on any atom is 0.332 e. The number of carbonyl (C=O) groups excluding carboxylic acids is 1. The van der Waals surface area contributed by atoms with E-state index in [9.17, 15) is 18.8 Å². The summed E-state index contributed by atoms with van der Waals surface area (Å²) < 4.78 is 16.1. The smallest absolute Gasteiger partial charge is 0.324 e. The predicted octanol–water partition coefficient (Wildman–Crippen LogP) is 1.51. The molecule has 0 saturated heterocycles. The van der Waals surface area contributed by atoms with Gasteiger partial charge >= 0.3 is 5.69 Å². The number of halogens is 1. The van der Waals surface area contributed by atoms with Crippen molar-refractivity contribution in [3.63, 3.8) is 0 Å². The fourth-order valence-electron chi connectivity index (χ4n) is 3.37. The Balaban J connectivity index is 1.60. The maximum atomic E-state index is 13.9. The van der Waals surface area contributed by atoms with E-state index in [0.29, 0.717) is 17.7 Å². The molecule has 8 heteroatoms. The minimum absolute atomic E-state index is 0.145. The van der Waals surface area contributed by atoms with Crippen LogP contribution in [0.4, 0.5) is 10.1 Å². The quantitative estimate of drug-likeness (QED) is 0.759. The van der Waals surface area contributed by atoms with Crippen LogP contribution in [-0.2, 0) is 18.9 Å². The van der Waals surface area contributed by atoms with Crippen LogP contribution < -0.4 is 16.6 Å². The van der Waals surface area contributed by atoms with Crippen molar-refractivity contribution in [1.29, 1.82) is 0 Å². The van der Waals surface area contributed by atoms with Gasteiger partial charge in [-0.3, -0.25) is 18.7 Å². The highest BCUT2D eigenvalue weighted by atomic mass is 19.1. The molecule has 1 N–H and O–H groups in total. The van der Waals surface area contributed by atoms with Gasteiger partial charge in [0.2, 0.25) is 5.91 Å². The van der Waals surface area contributed by atoms with E-state index in [2.05, 4.69) is 10.3 Å². The van der Waals surface area contributed by atoms with Crippen LogP contribution in [0.3, 0.4) is 0 Å². The molecule has 0 aliphatic heterocycles. The molecule has 1 aliphatic carbocycles. The Bertz CT molecular complexity index is 1200. The van der Waals surface area contributed by atoms with Gasteiger partial charge in [0, 0.05) is 20.0 Å². The predicted molar refractivity (Wildman–Crippen MR) is 98.1 cm³/mol. The van der Waals surface area contributed by atoms with Gasteiger partial charge < -0.3 is 5.32 Å². The lowest BCUT2D eigenvalue weighted by Gasteiger charge is -2.09. The molecule has 2 heterocycles. The van der Waals surface area contributed by atoms with Crippen molar-refractivity contribution in [1.82, 2.24) is 14.1 Å². The van der Waals surface area contributed by atoms with E-state index in [1.165, 1.54) is 37.0 Å². The van der Waals surface area contributed by atoms with Crippen LogP contribution in [-0.4, -0.2) is 20.0 Å². The summed E-state index contributed by atoms with van der Waals surface area (Å²) in [5.41, 5.74) is 0.201. The largest absolute Gasteiger partial charge is 0.332 e. The number of benzene rings is 1. The highest BCUT2D eigenvalue weighted by Crippen LogP contribution is 2.48. The summed E-state index contributed by atoms with van der Waals surface area (Å²) >= 11 is 0. The third-order valence-electron chi connectivity index (χ3n) is 4.99. The average Bonchev–Trinajstić information content (AvgIpc) is 3.45. The fraction of sp³-hybridized carbons (Fsp3) is 0.263. The maximum absolute atomic E-state index is 13.9. The number of amides is 1. The number of fused-ring (bicyclic) bond motifs is 1. The van der Waals surface area contributed by atoms with E-state index < -0.39 is 11.2 Å². The van der Waals surface area contributed by atoms with Gasteiger partial charge in [-0.2, -0.15) is 0 Å². The molecule has 1 aromatic carbocycles. The number of hydrogen-bond acceptors (Lipinski definition) is 4. The van der Waals surface area contributed by atoms with Crippen LogP contribution in [0.2, 0.25) is 0 Å². The summed E-state index contributed by atoms with van der Waals surface area (Å²) in [5, 5.41) is 2.97. The summed E-state index contributed by atoms with van der Waals surface area (Å²) in [6.45, 7) is 0. The van der Waals surface area contributed by atoms with Crippen LogP contribution >= 0.6 is 0 Å². The Kier molecular flexibility index (Phi) is 3.91. The molecule has 0 spiro atoms. The number of aryl methyl sites for hydroxylation is 1. The summed E-state index contributed by atoms with van der Waals surface area (Å²) in [5.74, 6) is -1.02. The molecule has 27 heavy (non-hydrogen) atoms. The molecular formula is C19H17FN4O3. The number of nitrogens with zero attached hydrogens (tertiary/aromatic N) is 3. The first-order chi connectivity index (χ1) is 12.9. The number of pyridine rings is 1. The third-order valence-corrected chi connectivity index (χ3v) is 4.99. The van der Waals surface area contributed by atoms with Gasteiger partial charge in [-0.25, -0.2) is 14.2 Å². The first kappa shape index (κ1) is 17.1. The van der Waals surface area contributed by atoms with Crippen molar-refractivity contribution < 1.29 is 9.18 Å². The lowest BCUT2D eigenvalue weighted by atomic mass is 10.1. The van der Waals surface area contributed by atoms with Gasteiger partial charge in [0.25, 0.3) is 5.56 Å². The molecular weight excluding hydrogens is 351 g/mol. The Morgan fingerprint density at radius 3 is 2.70 bits per heavy atom. The molecule has 3 aromatic rings. The van der Waals surface area contributed by atoms with E-state index in [4.69, 9.17) is 0 Å². The van der Waals surface area contributed by atoms with Crippen LogP contribution in [0, 0.1) is 11.7 Å². The van der Waals surface area contributed by atoms with E-state index >= 15 is 0 Å². The van der Waals surface area contributed by atoms with Crippen molar-refractivity contribution in [3.8, 4) is 0 Å². The van der Waals surface area contributed by atoms with Crippen LogP contribution in [0.5, 0.6) is 0 Å². The number of aromatic nitrogens is 3. The molecule has 1 amide bonds. The molecule has 2 atom stereocenters. The molecule has 1 aliphatic rings. The number of hydrogen-bond donors (Lipinski definition) is 1. The second kappa shape index (κ2) is 6.15. The SMILES string of the molecule is Cn1c(=O)c2cc(NC(=O)C3CC3c3ccccc3F)cnc2n(C)c1=O. The van der Waals surface area contributed by atoms with E-state index in [0.717, 1.165) is 4.57 Å². The Morgan fingerprint density at radius 2 is 1.96 bits per heavy atom. The van der Waals surface area contributed by atoms with Crippen molar-refractivity contribution >= 4 is 22.6 Å². The van der Waals surface area contributed by atoms with Gasteiger partial charge in [-0.1, -0.05) is 18.2 Å². The van der Waals surface area contributed by atoms with Gasteiger partial charge in [-0.05, 0) is 30.0 Å². The Morgan fingerprint density at radius 1 is 1.22 bits per heavy atom. The van der Waals surface area contributed by atoms with Crippen LogP contribution in [0.15, 0.2) is 46.1 Å². The number of anilines is 1. The Hall–Kier alpha value is -3.29. The molecule has 2 unspecified atom stereocenters. The standard InChI is InChI=1S/C19H17FN4O3/c1-23-16-14(18(26)24(2)19(23)27)7-10(9-21-16)22-17(25)13-8-12(13)11-5-3-4-6-15(11)20/h3-7,9,12-13H,8H2,1-2H3,(H,22,25). The fourth-order valence-corrected chi connectivity index (χ4v) is 3.37. The molecule has 138 valence electrons. The molecule has 1 saturated carbocycles. The lowest BCUT2D eigenvalue weighted by Crippen LogP contribution is -2.37. The number of rotatable bonds is 3. The van der Waals surface area contributed by atoms with Crippen molar-refractivity contribution in [2.24, 2.45) is 20.0 Å². The van der Waals surface area contributed by atoms with Gasteiger partial charge in [0.15, 0.2) is 0 Å². The van der Waals surface area contributed by atoms with Crippen LogP contribution in [0.1, 0.15) is 17.9 Å². The average molecular weight is 368 g/mol. The van der Waals surface area contributed by atoms with Crippen LogP contribution in [0.25, 0.3) is 11.0 Å². The molecule has 0 radical (unpaired) electrons. The van der Waals surface area contributed by atoms with E-state index in [1.54, 1.807) is 18.2 Å². The van der Waals surface area contributed by atoms with Gasteiger partial charge in [0.1, 0.15) is 11.5 Å². The van der Waals surface area contributed by atoms with Gasteiger partial charge in [0.05, 0.1) is 17.3 Å². The number of nitrogens with one attached hydrogen (secondary N) is 1. The number of carbonyl (C=O) groups is 1. The van der Waals surface area contributed by atoms with E-state index in [1.807, 2.05) is 0 Å². The first-order valence-corrected chi connectivity index (χ1v) is 8.49. The Labute approximate surface area is 153 Å². The molecule has 0 bridgehead atoms. The first-order valence-electron chi connectivity index (χ1n) is 8.49. The molecule has 4 rings (SSSR count). The molecule has 7 nitrogen and oxygen atoms in total. The second-order valence-corrected chi connectivity index (χ2v) is 6.76. The summed E-state index contributed by atoms with van der Waals surface area (Å²) in [7, 11) is 2.91. The summed E-state index contributed by atoms with van der Waals surface area (Å²) in [6, 6.07) is 7.94. The van der Waals surface area contributed by atoms with Crippen molar-refractivity contribution in [3.05, 3.63) is 68.7 Å². The minimum Gasteiger partial charge on any atom is -0.324 e. The normalized spacial score (nSPS) is 18.5. The third kappa shape index (κ3) is 2.83. The zero-order valence-corrected chi connectivity index (χ0v) is 14.8. The topological polar surface area (TPSA) is 86.0 Å².